The van der Waals surface area contributed by atoms with Gasteiger partial charge in [-0.3, -0.25) is 0 Å². The van der Waals surface area contributed by atoms with Crippen LogP contribution in [0, 0.1) is 5.92 Å². The van der Waals surface area contributed by atoms with Crippen molar-refractivity contribution in [1.29, 1.82) is 0 Å². The average Bonchev–Trinajstić information content (AvgIpc) is 2.68. The molecule has 1 unspecified atom stereocenters. The van der Waals surface area contributed by atoms with Crippen LogP contribution in [0.15, 0.2) is 34.8 Å². The number of benzene rings is 2. The molecule has 1 aliphatic heterocycles. The zero-order chi connectivity index (χ0) is 19.4. The molecule has 0 spiro atoms. The molecule has 0 bridgehead atoms. The maximum absolute atomic E-state index is 5.74. The van der Waals surface area contributed by atoms with Crippen molar-refractivity contribution in [3.63, 3.8) is 0 Å². The van der Waals surface area contributed by atoms with Crippen LogP contribution in [-0.2, 0) is 6.54 Å². The smallest absolute Gasteiger partial charge is 0.161 e. The van der Waals surface area contributed by atoms with Gasteiger partial charge in [0.1, 0.15) is 13.2 Å². The van der Waals surface area contributed by atoms with Gasteiger partial charge < -0.3 is 24.3 Å². The van der Waals surface area contributed by atoms with E-state index in [-0.39, 0.29) is 6.04 Å². The maximum atomic E-state index is 5.74. The minimum atomic E-state index is 0.181. The van der Waals surface area contributed by atoms with E-state index in [0.717, 1.165) is 27.3 Å². The molecule has 0 aliphatic carbocycles. The van der Waals surface area contributed by atoms with Crippen molar-refractivity contribution in [3.05, 3.63) is 45.9 Å². The Hall–Kier alpha value is -1.92. The first-order valence-corrected chi connectivity index (χ1v) is 9.86. The van der Waals surface area contributed by atoms with Crippen molar-refractivity contribution in [2.24, 2.45) is 5.92 Å². The van der Waals surface area contributed by atoms with Crippen LogP contribution in [0.25, 0.3) is 0 Å². The lowest BCUT2D eigenvalue weighted by molar-refractivity contribution is 0.171. The number of methoxy groups -OCH3 is 2. The predicted octanol–water partition coefficient (Wildman–Crippen LogP) is 4.72. The van der Waals surface area contributed by atoms with E-state index in [1.807, 2.05) is 18.2 Å². The number of halogens is 1. The molecule has 0 saturated carbocycles. The first-order chi connectivity index (χ1) is 13.0. The van der Waals surface area contributed by atoms with Gasteiger partial charge in [0.2, 0.25) is 0 Å². The van der Waals surface area contributed by atoms with E-state index in [1.54, 1.807) is 14.2 Å². The van der Waals surface area contributed by atoms with E-state index in [1.165, 1.54) is 5.56 Å². The van der Waals surface area contributed by atoms with Gasteiger partial charge >= 0.3 is 0 Å². The SMILES string of the molecule is COc1cc(Br)c(CNC(c2ccc3c(c2)OCCO3)C(C)C)cc1OC. The molecule has 1 N–H and O–H groups in total. The van der Waals surface area contributed by atoms with Crippen LogP contribution >= 0.6 is 15.9 Å². The Morgan fingerprint density at radius 1 is 1.00 bits per heavy atom. The van der Waals surface area contributed by atoms with Gasteiger partial charge in [0, 0.05) is 17.1 Å². The molecule has 0 aromatic heterocycles. The van der Waals surface area contributed by atoms with Crippen LogP contribution in [0.5, 0.6) is 23.0 Å². The molecule has 0 amide bonds. The highest BCUT2D eigenvalue weighted by Gasteiger charge is 2.20. The molecule has 146 valence electrons. The van der Waals surface area contributed by atoms with E-state index in [4.69, 9.17) is 18.9 Å². The van der Waals surface area contributed by atoms with Crippen LogP contribution in [0.4, 0.5) is 0 Å². The second-order valence-electron chi connectivity index (χ2n) is 6.80. The highest BCUT2D eigenvalue weighted by Crippen LogP contribution is 2.36. The van der Waals surface area contributed by atoms with Gasteiger partial charge in [-0.2, -0.15) is 0 Å². The molecular weight excluding hydrogens is 410 g/mol. The number of hydrogen-bond donors (Lipinski definition) is 1. The highest BCUT2D eigenvalue weighted by molar-refractivity contribution is 9.10. The molecule has 5 nitrogen and oxygen atoms in total. The fraction of sp³-hybridized carbons (Fsp3) is 0.429. The summed E-state index contributed by atoms with van der Waals surface area (Å²) < 4.78 is 23.1. The summed E-state index contributed by atoms with van der Waals surface area (Å²) in [6, 6.07) is 10.3. The third-order valence-corrected chi connectivity index (χ3v) is 5.40. The summed E-state index contributed by atoms with van der Waals surface area (Å²) in [4.78, 5) is 0. The van der Waals surface area contributed by atoms with Crippen LogP contribution in [0.2, 0.25) is 0 Å². The summed E-state index contributed by atoms with van der Waals surface area (Å²) in [5.74, 6) is 3.47. The molecule has 2 aromatic carbocycles. The molecule has 6 heteroatoms. The largest absolute Gasteiger partial charge is 0.493 e. The summed E-state index contributed by atoms with van der Waals surface area (Å²) in [7, 11) is 3.29. The molecule has 0 fully saturated rings. The zero-order valence-electron chi connectivity index (χ0n) is 16.2. The van der Waals surface area contributed by atoms with Gasteiger partial charge in [0.25, 0.3) is 0 Å². The third kappa shape index (κ3) is 4.50. The van der Waals surface area contributed by atoms with Gasteiger partial charge in [-0.15, -0.1) is 0 Å². The summed E-state index contributed by atoms with van der Waals surface area (Å²) in [6.07, 6.45) is 0. The fourth-order valence-corrected chi connectivity index (χ4v) is 3.71. The lowest BCUT2D eigenvalue weighted by Gasteiger charge is -2.26. The standard InChI is InChI=1S/C21H26BrNO4/c1-13(2)21(14-5-6-17-20(9-14)27-8-7-26-17)23-12-15-10-18(24-3)19(25-4)11-16(15)22/h5-6,9-11,13,21,23H,7-8,12H2,1-4H3. The van der Waals surface area contributed by atoms with Crippen LogP contribution in [0.1, 0.15) is 31.0 Å². The monoisotopic (exact) mass is 435 g/mol. The van der Waals surface area contributed by atoms with Gasteiger partial charge in [-0.05, 0) is 41.3 Å². The first kappa shape index (κ1) is 19.8. The van der Waals surface area contributed by atoms with Crippen molar-refractivity contribution in [3.8, 4) is 23.0 Å². The quantitative estimate of drug-likeness (QED) is 0.681. The second-order valence-corrected chi connectivity index (χ2v) is 7.66. The van der Waals surface area contributed by atoms with E-state index in [9.17, 15) is 0 Å². The number of ether oxygens (including phenoxy) is 4. The molecule has 3 rings (SSSR count). The Balaban J connectivity index is 1.80. The van der Waals surface area contributed by atoms with E-state index < -0.39 is 0 Å². The van der Waals surface area contributed by atoms with Crippen molar-refractivity contribution in [1.82, 2.24) is 5.32 Å². The zero-order valence-corrected chi connectivity index (χ0v) is 17.8. The Morgan fingerprint density at radius 3 is 2.33 bits per heavy atom. The van der Waals surface area contributed by atoms with Gasteiger partial charge in [-0.1, -0.05) is 35.8 Å². The summed E-state index contributed by atoms with van der Waals surface area (Å²) in [5.41, 5.74) is 2.29. The van der Waals surface area contributed by atoms with E-state index in [2.05, 4.69) is 47.2 Å². The molecule has 1 aliphatic rings. The lowest BCUT2D eigenvalue weighted by Crippen LogP contribution is -2.26. The number of nitrogens with one attached hydrogen (secondary N) is 1. The number of rotatable bonds is 7. The third-order valence-electron chi connectivity index (χ3n) is 4.66. The molecule has 27 heavy (non-hydrogen) atoms. The minimum absolute atomic E-state index is 0.181. The van der Waals surface area contributed by atoms with Crippen molar-refractivity contribution < 1.29 is 18.9 Å². The van der Waals surface area contributed by atoms with E-state index >= 15 is 0 Å². The fourth-order valence-electron chi connectivity index (χ4n) is 3.24. The Kier molecular flexibility index (Phi) is 6.50. The van der Waals surface area contributed by atoms with Gasteiger partial charge in [-0.25, -0.2) is 0 Å². The highest BCUT2D eigenvalue weighted by atomic mass is 79.9. The molecule has 1 heterocycles. The van der Waals surface area contributed by atoms with Crippen LogP contribution in [-0.4, -0.2) is 27.4 Å². The van der Waals surface area contributed by atoms with Crippen molar-refractivity contribution in [2.75, 3.05) is 27.4 Å². The molecule has 0 saturated heterocycles. The van der Waals surface area contributed by atoms with Crippen LogP contribution in [0.3, 0.4) is 0 Å². The normalized spacial score (nSPS) is 14.1. The van der Waals surface area contributed by atoms with Gasteiger partial charge in [0.05, 0.1) is 14.2 Å². The topological polar surface area (TPSA) is 49.0 Å². The lowest BCUT2D eigenvalue weighted by atomic mass is 9.95. The molecule has 2 aromatic rings. The summed E-state index contributed by atoms with van der Waals surface area (Å²) in [5, 5.41) is 3.67. The molecule has 1 atom stereocenters. The molecular formula is C21H26BrNO4. The maximum Gasteiger partial charge on any atom is 0.161 e. The van der Waals surface area contributed by atoms with E-state index in [0.29, 0.717) is 31.4 Å². The minimum Gasteiger partial charge on any atom is -0.493 e. The molecule has 0 radical (unpaired) electrons. The second kappa shape index (κ2) is 8.85. The predicted molar refractivity (Wildman–Crippen MR) is 109 cm³/mol. The van der Waals surface area contributed by atoms with Crippen molar-refractivity contribution >= 4 is 15.9 Å². The summed E-state index contributed by atoms with van der Waals surface area (Å²) >= 11 is 3.63. The Labute approximate surface area is 169 Å². The first-order valence-electron chi connectivity index (χ1n) is 9.06. The van der Waals surface area contributed by atoms with Crippen LogP contribution < -0.4 is 24.3 Å². The number of hydrogen-bond acceptors (Lipinski definition) is 5. The number of fused-ring (bicyclic) bond motifs is 1. The summed E-state index contributed by atoms with van der Waals surface area (Å²) in [6.45, 7) is 6.30. The van der Waals surface area contributed by atoms with Crippen molar-refractivity contribution in [2.45, 2.75) is 26.4 Å². The average molecular weight is 436 g/mol. The Bertz CT molecular complexity index is 794. The van der Waals surface area contributed by atoms with Gasteiger partial charge in [0.15, 0.2) is 23.0 Å². The Morgan fingerprint density at radius 2 is 1.67 bits per heavy atom.